The Balaban J connectivity index is 2.07. The van der Waals surface area contributed by atoms with Crippen molar-refractivity contribution in [2.45, 2.75) is 32.0 Å². The van der Waals surface area contributed by atoms with E-state index in [0.717, 1.165) is 10.2 Å². The number of alkyl halides is 3. The highest BCUT2D eigenvalue weighted by Crippen LogP contribution is 2.21. The first-order valence-corrected chi connectivity index (χ1v) is 6.14. The van der Waals surface area contributed by atoms with Crippen molar-refractivity contribution in [3.8, 4) is 0 Å². The first-order chi connectivity index (χ1) is 7.97. The van der Waals surface area contributed by atoms with Gasteiger partial charge in [0, 0.05) is 23.6 Å². The smallest absolute Gasteiger partial charge is 0.311 e. The molecule has 0 atom stereocenters. The van der Waals surface area contributed by atoms with Crippen LogP contribution >= 0.6 is 15.9 Å². The van der Waals surface area contributed by atoms with Crippen molar-refractivity contribution in [3.63, 3.8) is 0 Å². The van der Waals surface area contributed by atoms with E-state index in [1.165, 1.54) is 0 Å². The normalized spacial score (nSPS) is 11.8. The molecule has 0 aliphatic heterocycles. The molecule has 2 nitrogen and oxygen atoms in total. The lowest BCUT2D eigenvalue weighted by Gasteiger charge is -2.06. The minimum atomic E-state index is -4.03. The zero-order chi connectivity index (χ0) is 12.7. The van der Waals surface area contributed by atoms with Gasteiger partial charge in [-0.1, -0.05) is 0 Å². The summed E-state index contributed by atoms with van der Waals surface area (Å²) >= 11 is 3.28. The minimum Gasteiger partial charge on any atom is -0.311 e. The predicted octanol–water partition coefficient (Wildman–Crippen LogP) is 3.67. The summed E-state index contributed by atoms with van der Waals surface area (Å²) in [4.78, 5) is 4.15. The van der Waals surface area contributed by atoms with Crippen LogP contribution in [0.25, 0.3) is 0 Å². The number of nitrogens with zero attached hydrogens (tertiary/aromatic N) is 1. The van der Waals surface area contributed by atoms with Crippen LogP contribution in [0.3, 0.4) is 0 Å². The molecular weight excluding hydrogens is 297 g/mol. The Kier molecular flexibility index (Phi) is 5.91. The van der Waals surface area contributed by atoms with Gasteiger partial charge < -0.3 is 5.32 Å². The number of nitrogens with one attached hydrogen (secondary N) is 1. The van der Waals surface area contributed by atoms with E-state index in [9.17, 15) is 13.2 Å². The first-order valence-electron chi connectivity index (χ1n) is 5.35. The Morgan fingerprint density at radius 2 is 2.00 bits per heavy atom. The minimum absolute atomic E-state index is 0.171. The van der Waals surface area contributed by atoms with Gasteiger partial charge in [0.1, 0.15) is 0 Å². The molecular formula is C11H14BrF3N2. The topological polar surface area (TPSA) is 24.9 Å². The molecule has 96 valence electrons. The second kappa shape index (κ2) is 6.96. The summed E-state index contributed by atoms with van der Waals surface area (Å²) in [5.74, 6) is 0. The number of halogens is 4. The van der Waals surface area contributed by atoms with Crippen molar-refractivity contribution in [1.82, 2.24) is 10.3 Å². The average Bonchev–Trinajstić information content (AvgIpc) is 2.24. The van der Waals surface area contributed by atoms with Crippen molar-refractivity contribution in [1.29, 1.82) is 0 Å². The molecule has 0 saturated heterocycles. The lowest BCUT2D eigenvalue weighted by molar-refractivity contribution is -0.135. The van der Waals surface area contributed by atoms with Crippen LogP contribution in [0.15, 0.2) is 22.8 Å². The Morgan fingerprint density at radius 1 is 1.24 bits per heavy atom. The van der Waals surface area contributed by atoms with E-state index in [2.05, 4.69) is 26.2 Å². The fourth-order valence-corrected chi connectivity index (χ4v) is 1.54. The van der Waals surface area contributed by atoms with E-state index in [1.807, 2.05) is 12.1 Å². The van der Waals surface area contributed by atoms with Crippen molar-refractivity contribution in [2.24, 2.45) is 0 Å². The Hall–Kier alpha value is -0.620. The van der Waals surface area contributed by atoms with E-state index in [4.69, 9.17) is 0 Å². The molecule has 0 bridgehead atoms. The lowest BCUT2D eigenvalue weighted by Crippen LogP contribution is -2.16. The van der Waals surface area contributed by atoms with E-state index in [-0.39, 0.29) is 6.42 Å². The zero-order valence-electron chi connectivity index (χ0n) is 9.23. The van der Waals surface area contributed by atoms with Crippen LogP contribution in [-0.4, -0.2) is 17.7 Å². The summed E-state index contributed by atoms with van der Waals surface area (Å²) < 4.78 is 36.4. The molecule has 0 amide bonds. The molecule has 0 aliphatic rings. The number of unbranched alkanes of at least 4 members (excludes halogenated alkanes) is 1. The molecule has 0 aliphatic carbocycles. The first kappa shape index (κ1) is 14.4. The van der Waals surface area contributed by atoms with Crippen molar-refractivity contribution < 1.29 is 13.2 Å². The predicted molar refractivity (Wildman–Crippen MR) is 63.5 cm³/mol. The van der Waals surface area contributed by atoms with Gasteiger partial charge in [-0.2, -0.15) is 13.2 Å². The number of aromatic nitrogens is 1. The average molecular weight is 311 g/mol. The molecule has 0 radical (unpaired) electrons. The molecule has 1 heterocycles. The van der Waals surface area contributed by atoms with Gasteiger partial charge >= 0.3 is 6.18 Å². The molecule has 6 heteroatoms. The lowest BCUT2D eigenvalue weighted by atomic mass is 10.2. The molecule has 1 N–H and O–H groups in total. The van der Waals surface area contributed by atoms with Gasteiger partial charge in [-0.25, -0.2) is 0 Å². The summed E-state index contributed by atoms with van der Waals surface area (Å²) in [5, 5.41) is 3.06. The van der Waals surface area contributed by atoms with Gasteiger partial charge in [-0.3, -0.25) is 4.98 Å². The van der Waals surface area contributed by atoms with E-state index >= 15 is 0 Å². The Morgan fingerprint density at radius 3 is 2.59 bits per heavy atom. The summed E-state index contributed by atoms with van der Waals surface area (Å²) in [6, 6.07) is 3.75. The highest BCUT2D eigenvalue weighted by atomic mass is 79.9. The maximum Gasteiger partial charge on any atom is 0.389 e. The summed E-state index contributed by atoms with van der Waals surface area (Å²) in [7, 11) is 0. The number of rotatable bonds is 6. The third kappa shape index (κ3) is 7.33. The van der Waals surface area contributed by atoms with Gasteiger partial charge in [-0.15, -0.1) is 0 Å². The van der Waals surface area contributed by atoms with Crippen LogP contribution < -0.4 is 5.32 Å². The standard InChI is InChI=1S/C11H14BrF3N2/c12-9-3-4-10(17-7-9)8-16-6-2-1-5-11(13,14)15/h3-4,7,16H,1-2,5-6,8H2. The largest absolute Gasteiger partial charge is 0.389 e. The van der Waals surface area contributed by atoms with Gasteiger partial charge in [0.2, 0.25) is 0 Å². The van der Waals surface area contributed by atoms with Crippen LogP contribution in [0, 0.1) is 0 Å². The highest BCUT2D eigenvalue weighted by molar-refractivity contribution is 9.10. The number of hydrogen-bond acceptors (Lipinski definition) is 2. The summed E-state index contributed by atoms with van der Waals surface area (Å²) in [5.41, 5.74) is 0.879. The summed E-state index contributed by atoms with van der Waals surface area (Å²) in [6.45, 7) is 1.16. The Labute approximate surface area is 107 Å². The Bertz CT molecular complexity index is 324. The van der Waals surface area contributed by atoms with Gasteiger partial charge in [0.15, 0.2) is 0 Å². The van der Waals surface area contributed by atoms with E-state index in [0.29, 0.717) is 19.5 Å². The van der Waals surface area contributed by atoms with Crippen LogP contribution in [0.1, 0.15) is 25.0 Å². The molecule has 0 spiro atoms. The maximum atomic E-state index is 11.8. The quantitative estimate of drug-likeness (QED) is 0.811. The van der Waals surface area contributed by atoms with Crippen molar-refractivity contribution in [2.75, 3.05) is 6.54 Å². The fraction of sp³-hybridized carbons (Fsp3) is 0.545. The molecule has 0 aromatic carbocycles. The molecule has 1 aromatic rings. The van der Waals surface area contributed by atoms with E-state index in [1.54, 1.807) is 6.20 Å². The SMILES string of the molecule is FC(F)(F)CCCCNCc1ccc(Br)cn1. The third-order valence-corrected chi connectivity index (χ3v) is 2.63. The third-order valence-electron chi connectivity index (χ3n) is 2.16. The molecule has 17 heavy (non-hydrogen) atoms. The molecule has 1 rings (SSSR count). The van der Waals surface area contributed by atoms with Crippen LogP contribution in [-0.2, 0) is 6.54 Å². The maximum absolute atomic E-state index is 11.8. The number of hydrogen-bond donors (Lipinski definition) is 1. The van der Waals surface area contributed by atoms with Crippen molar-refractivity contribution in [3.05, 3.63) is 28.5 Å². The monoisotopic (exact) mass is 310 g/mol. The van der Waals surface area contributed by atoms with Crippen LogP contribution in [0.5, 0.6) is 0 Å². The van der Waals surface area contributed by atoms with E-state index < -0.39 is 12.6 Å². The van der Waals surface area contributed by atoms with Crippen molar-refractivity contribution >= 4 is 15.9 Å². The second-order valence-corrected chi connectivity index (χ2v) is 4.63. The zero-order valence-corrected chi connectivity index (χ0v) is 10.8. The molecule has 0 fully saturated rings. The second-order valence-electron chi connectivity index (χ2n) is 3.72. The molecule has 0 saturated carbocycles. The molecule has 1 aromatic heterocycles. The van der Waals surface area contributed by atoms with Gasteiger partial charge in [0.25, 0.3) is 0 Å². The highest BCUT2D eigenvalue weighted by Gasteiger charge is 2.25. The molecule has 0 unspecified atom stereocenters. The fourth-order valence-electron chi connectivity index (χ4n) is 1.30. The number of pyridine rings is 1. The summed E-state index contributed by atoms with van der Waals surface area (Å²) in [6.07, 6.45) is -2.35. The van der Waals surface area contributed by atoms with Crippen LogP contribution in [0.2, 0.25) is 0 Å². The van der Waals surface area contributed by atoms with Crippen LogP contribution in [0.4, 0.5) is 13.2 Å². The van der Waals surface area contributed by atoms with Gasteiger partial charge in [0.05, 0.1) is 5.69 Å². The van der Waals surface area contributed by atoms with Gasteiger partial charge in [-0.05, 0) is 47.4 Å².